The topological polar surface area (TPSA) is 137 Å². The van der Waals surface area contributed by atoms with Crippen LogP contribution in [0.25, 0.3) is 0 Å². The van der Waals surface area contributed by atoms with E-state index in [2.05, 4.69) is 10.1 Å². The van der Waals surface area contributed by atoms with Crippen LogP contribution in [-0.4, -0.2) is 48.0 Å². The number of hydrogen-bond donors (Lipinski definition) is 2. The van der Waals surface area contributed by atoms with Crippen LogP contribution < -0.4 is 14.8 Å². The first-order valence-corrected chi connectivity index (χ1v) is 12.2. The van der Waals surface area contributed by atoms with Gasteiger partial charge in [-0.1, -0.05) is 46.6 Å². The van der Waals surface area contributed by atoms with Gasteiger partial charge in [0.15, 0.2) is 11.5 Å². The molecule has 1 aromatic rings. The standard InChI is InChI=1S/C26H39NO9/c1-8-17(5)12-22(28)34-20-11-10-19(14-21(20)35-23(29)13-18(6)9-2)15-26(24(30)31,27-16(3)4)36-25(32)33-7/h10-11,14,16-18,27H,8-9,12-13,15H2,1-7H3,(H,30,31)/t17?,18?,26-/m0/s1. The number of rotatable bonds is 14. The Kier molecular flexibility index (Phi) is 12.4. The number of nitrogens with one attached hydrogen (secondary N) is 1. The summed E-state index contributed by atoms with van der Waals surface area (Å²) >= 11 is 0. The molecule has 0 saturated heterocycles. The van der Waals surface area contributed by atoms with Gasteiger partial charge in [-0.05, 0) is 43.4 Å². The lowest BCUT2D eigenvalue weighted by Crippen LogP contribution is -2.59. The minimum absolute atomic E-state index is 0.0276. The summed E-state index contributed by atoms with van der Waals surface area (Å²) in [6, 6.07) is 3.97. The molecular formula is C26H39NO9. The van der Waals surface area contributed by atoms with E-state index >= 15 is 0 Å². The van der Waals surface area contributed by atoms with Crippen molar-refractivity contribution in [2.45, 2.75) is 85.4 Å². The Morgan fingerprint density at radius 1 is 0.917 bits per heavy atom. The van der Waals surface area contributed by atoms with Gasteiger partial charge in [-0.3, -0.25) is 14.9 Å². The molecule has 10 nitrogen and oxygen atoms in total. The number of aliphatic carboxylic acids is 1. The summed E-state index contributed by atoms with van der Waals surface area (Å²) < 4.78 is 20.7. The van der Waals surface area contributed by atoms with Crippen LogP contribution in [0.3, 0.4) is 0 Å². The zero-order valence-electron chi connectivity index (χ0n) is 22.2. The van der Waals surface area contributed by atoms with E-state index in [1.807, 2.05) is 27.7 Å². The molecule has 36 heavy (non-hydrogen) atoms. The van der Waals surface area contributed by atoms with Crippen molar-refractivity contribution in [2.75, 3.05) is 7.11 Å². The predicted octanol–water partition coefficient (Wildman–Crippen LogP) is 4.47. The Balaban J connectivity index is 3.39. The third-order valence-corrected chi connectivity index (χ3v) is 5.62. The maximum Gasteiger partial charge on any atom is 0.510 e. The average molecular weight is 510 g/mol. The first-order chi connectivity index (χ1) is 16.8. The smallest absolute Gasteiger partial charge is 0.477 e. The van der Waals surface area contributed by atoms with Crippen LogP contribution in [0.2, 0.25) is 0 Å². The maximum absolute atomic E-state index is 12.5. The molecule has 0 radical (unpaired) electrons. The number of hydrogen-bond acceptors (Lipinski definition) is 9. The van der Waals surface area contributed by atoms with E-state index < -0.39 is 29.8 Å². The lowest BCUT2D eigenvalue weighted by molar-refractivity contribution is -0.166. The predicted molar refractivity (Wildman–Crippen MR) is 132 cm³/mol. The molecule has 0 amide bonds. The van der Waals surface area contributed by atoms with Crippen LogP contribution in [0.1, 0.15) is 72.8 Å². The van der Waals surface area contributed by atoms with Crippen molar-refractivity contribution in [2.24, 2.45) is 11.8 Å². The van der Waals surface area contributed by atoms with Gasteiger partial charge in [0.05, 0.1) is 7.11 Å². The van der Waals surface area contributed by atoms with Crippen LogP contribution in [0.4, 0.5) is 4.79 Å². The summed E-state index contributed by atoms with van der Waals surface area (Å²) in [5, 5.41) is 12.7. The molecule has 0 aliphatic carbocycles. The number of carboxylic acids is 1. The normalized spacial score (nSPS) is 14.3. The summed E-state index contributed by atoms with van der Waals surface area (Å²) in [5.41, 5.74) is -1.81. The van der Waals surface area contributed by atoms with E-state index in [0.29, 0.717) is 5.56 Å². The molecule has 0 spiro atoms. The van der Waals surface area contributed by atoms with Gasteiger partial charge in [0.25, 0.3) is 5.72 Å². The van der Waals surface area contributed by atoms with Crippen molar-refractivity contribution in [3.63, 3.8) is 0 Å². The number of carbonyl (C=O) groups is 4. The summed E-state index contributed by atoms with van der Waals surface area (Å²) in [6.07, 6.45) is 0.407. The molecule has 0 aliphatic heterocycles. The minimum atomic E-state index is -2.16. The van der Waals surface area contributed by atoms with Gasteiger partial charge in [0, 0.05) is 25.3 Å². The van der Waals surface area contributed by atoms with Crippen molar-refractivity contribution in [1.29, 1.82) is 0 Å². The van der Waals surface area contributed by atoms with Gasteiger partial charge in [-0.25, -0.2) is 9.59 Å². The fourth-order valence-electron chi connectivity index (χ4n) is 3.25. The monoisotopic (exact) mass is 509 g/mol. The number of methoxy groups -OCH3 is 1. The molecule has 0 fully saturated rings. The summed E-state index contributed by atoms with van der Waals surface area (Å²) in [6.45, 7) is 11.1. The minimum Gasteiger partial charge on any atom is -0.477 e. The molecule has 1 rings (SSSR count). The molecule has 2 N–H and O–H groups in total. The highest BCUT2D eigenvalue weighted by Gasteiger charge is 2.44. The maximum atomic E-state index is 12.5. The van der Waals surface area contributed by atoms with E-state index in [1.54, 1.807) is 13.8 Å². The van der Waals surface area contributed by atoms with Crippen molar-refractivity contribution in [3.8, 4) is 11.5 Å². The van der Waals surface area contributed by atoms with E-state index in [9.17, 15) is 24.3 Å². The molecule has 1 aromatic carbocycles. The van der Waals surface area contributed by atoms with E-state index in [4.69, 9.17) is 14.2 Å². The van der Waals surface area contributed by atoms with Gasteiger partial charge in [0.2, 0.25) is 0 Å². The number of ether oxygens (including phenoxy) is 4. The van der Waals surface area contributed by atoms with Crippen molar-refractivity contribution < 1.29 is 43.2 Å². The lowest BCUT2D eigenvalue weighted by atomic mass is 10.0. The van der Waals surface area contributed by atoms with Gasteiger partial charge < -0.3 is 24.1 Å². The molecule has 202 valence electrons. The fraction of sp³-hybridized carbons (Fsp3) is 0.615. The number of carboxylic acid groups (broad SMARTS) is 1. The second-order valence-corrected chi connectivity index (χ2v) is 9.33. The van der Waals surface area contributed by atoms with Gasteiger partial charge in [0.1, 0.15) is 0 Å². The van der Waals surface area contributed by atoms with Crippen LogP contribution in [0.15, 0.2) is 18.2 Å². The number of esters is 2. The highest BCUT2D eigenvalue weighted by molar-refractivity contribution is 5.81. The number of carbonyl (C=O) groups excluding carboxylic acids is 3. The molecule has 2 unspecified atom stereocenters. The largest absolute Gasteiger partial charge is 0.510 e. The molecule has 0 saturated carbocycles. The highest BCUT2D eigenvalue weighted by Crippen LogP contribution is 2.32. The Labute approximate surface area is 212 Å². The SMILES string of the molecule is CCC(C)CC(=O)Oc1ccc(C[C@](NC(C)C)(OC(=O)OC)C(=O)O)cc1OC(=O)CC(C)CC. The molecule has 0 bridgehead atoms. The van der Waals surface area contributed by atoms with Gasteiger partial charge >= 0.3 is 24.1 Å². The zero-order chi connectivity index (χ0) is 27.5. The van der Waals surface area contributed by atoms with Crippen LogP contribution >= 0.6 is 0 Å². The van der Waals surface area contributed by atoms with Crippen LogP contribution in [-0.2, 0) is 30.3 Å². The van der Waals surface area contributed by atoms with E-state index in [1.165, 1.54) is 18.2 Å². The second-order valence-electron chi connectivity index (χ2n) is 9.33. The Bertz CT molecular complexity index is 915. The second kappa shape index (κ2) is 14.4. The molecule has 0 aliphatic rings. The third-order valence-electron chi connectivity index (χ3n) is 5.62. The molecule has 10 heteroatoms. The Morgan fingerprint density at radius 2 is 1.44 bits per heavy atom. The van der Waals surface area contributed by atoms with Crippen molar-refractivity contribution in [3.05, 3.63) is 23.8 Å². The summed E-state index contributed by atoms with van der Waals surface area (Å²) in [4.78, 5) is 49.0. The average Bonchev–Trinajstić information content (AvgIpc) is 2.79. The molecule has 3 atom stereocenters. The van der Waals surface area contributed by atoms with Crippen molar-refractivity contribution in [1.82, 2.24) is 5.32 Å². The van der Waals surface area contributed by atoms with E-state index in [-0.39, 0.29) is 48.6 Å². The first kappa shape index (κ1) is 30.9. The quantitative estimate of drug-likeness (QED) is 0.210. The van der Waals surface area contributed by atoms with Crippen LogP contribution in [0.5, 0.6) is 11.5 Å². The molecule has 0 heterocycles. The fourth-order valence-corrected chi connectivity index (χ4v) is 3.25. The Morgan fingerprint density at radius 3 is 1.89 bits per heavy atom. The van der Waals surface area contributed by atoms with E-state index in [0.717, 1.165) is 20.0 Å². The van der Waals surface area contributed by atoms with Gasteiger partial charge in [-0.15, -0.1) is 0 Å². The highest BCUT2D eigenvalue weighted by atomic mass is 16.7. The molecule has 0 aromatic heterocycles. The third kappa shape index (κ3) is 9.85. The Hall–Kier alpha value is -3.14. The molecular weight excluding hydrogens is 470 g/mol. The van der Waals surface area contributed by atoms with Crippen LogP contribution in [0, 0.1) is 11.8 Å². The zero-order valence-corrected chi connectivity index (χ0v) is 22.2. The van der Waals surface area contributed by atoms with Gasteiger partial charge in [-0.2, -0.15) is 0 Å². The summed E-state index contributed by atoms with van der Waals surface area (Å²) in [7, 11) is 1.07. The number of benzene rings is 1. The first-order valence-electron chi connectivity index (χ1n) is 12.2. The van der Waals surface area contributed by atoms with Crippen molar-refractivity contribution >= 4 is 24.1 Å². The lowest BCUT2D eigenvalue weighted by Gasteiger charge is -2.31. The summed E-state index contributed by atoms with van der Waals surface area (Å²) in [5.74, 6) is -2.23.